The van der Waals surface area contributed by atoms with Crippen LogP contribution in [0.3, 0.4) is 0 Å². The topological polar surface area (TPSA) is 89.9 Å². The summed E-state index contributed by atoms with van der Waals surface area (Å²) in [6, 6.07) is 12.5. The van der Waals surface area contributed by atoms with Crippen LogP contribution in [0.2, 0.25) is 0 Å². The number of nitrogens with one attached hydrogen (secondary N) is 1. The molecule has 1 heterocycles. The first-order valence-corrected chi connectivity index (χ1v) is 8.35. The van der Waals surface area contributed by atoms with Crippen molar-refractivity contribution in [2.75, 3.05) is 0 Å². The molecule has 0 aliphatic carbocycles. The van der Waals surface area contributed by atoms with E-state index in [4.69, 9.17) is 12.2 Å². The molecule has 0 radical (unpaired) electrons. The molecule has 3 N–H and O–H groups in total. The number of hydrazine groups is 1. The van der Waals surface area contributed by atoms with Gasteiger partial charge in [-0.3, -0.25) is 15.0 Å². The summed E-state index contributed by atoms with van der Waals surface area (Å²) >= 11 is 6.14. The molecule has 1 saturated heterocycles. The molecule has 3 rings (SSSR count). The number of carbonyl (C=O) groups is 2. The molecular formula is C17H12N2O4S2. The zero-order chi connectivity index (χ0) is 18.0. The van der Waals surface area contributed by atoms with Gasteiger partial charge in [-0.15, -0.1) is 0 Å². The average molecular weight is 372 g/mol. The fraction of sp³-hybridized carbons (Fsp3) is 0. The van der Waals surface area contributed by atoms with Crippen LogP contribution in [-0.2, 0) is 4.79 Å². The number of para-hydroxylation sites is 2. The molecule has 6 nitrogen and oxygen atoms in total. The Bertz CT molecular complexity index is 911. The van der Waals surface area contributed by atoms with Crippen LogP contribution in [0, 0.1) is 0 Å². The smallest absolute Gasteiger partial charge is 0.285 e. The lowest BCUT2D eigenvalue weighted by atomic mass is 10.2. The molecule has 25 heavy (non-hydrogen) atoms. The number of benzene rings is 2. The van der Waals surface area contributed by atoms with Crippen LogP contribution in [0.4, 0.5) is 0 Å². The van der Waals surface area contributed by atoms with Gasteiger partial charge in [-0.2, -0.15) is 5.01 Å². The molecule has 2 aromatic carbocycles. The Morgan fingerprint density at radius 3 is 2.40 bits per heavy atom. The number of phenols is 2. The maximum atomic E-state index is 12.5. The standard InChI is InChI=1S/C17H12N2O4S2/c20-12-7-3-1-5-10(12)9-14-16(23)19(17(24)25-14)18-15(22)11-6-2-4-8-13(11)21/h1-9,20-21H,(H,18,22)/b14-9-. The van der Waals surface area contributed by atoms with E-state index in [1.54, 1.807) is 30.3 Å². The van der Waals surface area contributed by atoms with Gasteiger partial charge in [-0.05, 0) is 36.5 Å². The number of thioether (sulfide) groups is 1. The molecule has 2 aromatic rings. The number of rotatable bonds is 3. The molecule has 126 valence electrons. The highest BCUT2D eigenvalue weighted by Crippen LogP contribution is 2.33. The molecule has 1 aliphatic heterocycles. The minimum atomic E-state index is -0.654. The van der Waals surface area contributed by atoms with E-state index in [9.17, 15) is 19.8 Å². The summed E-state index contributed by atoms with van der Waals surface area (Å²) in [5.74, 6) is -1.33. The Morgan fingerprint density at radius 2 is 1.72 bits per heavy atom. The van der Waals surface area contributed by atoms with Crippen molar-refractivity contribution in [1.82, 2.24) is 10.4 Å². The number of thiocarbonyl (C=S) groups is 1. The van der Waals surface area contributed by atoms with Crippen LogP contribution in [0.5, 0.6) is 11.5 Å². The predicted molar refractivity (Wildman–Crippen MR) is 98.7 cm³/mol. The fourth-order valence-electron chi connectivity index (χ4n) is 2.14. The summed E-state index contributed by atoms with van der Waals surface area (Å²) in [5.41, 5.74) is 2.88. The van der Waals surface area contributed by atoms with Gasteiger partial charge in [0.25, 0.3) is 11.8 Å². The second-order valence-corrected chi connectivity index (χ2v) is 6.71. The number of phenolic OH excluding ortho intramolecular Hbond substituents is 2. The van der Waals surface area contributed by atoms with E-state index in [0.717, 1.165) is 16.8 Å². The van der Waals surface area contributed by atoms with Crippen molar-refractivity contribution in [3.8, 4) is 11.5 Å². The van der Waals surface area contributed by atoms with Gasteiger partial charge in [0.2, 0.25) is 0 Å². The maximum Gasteiger partial charge on any atom is 0.285 e. The van der Waals surface area contributed by atoms with E-state index >= 15 is 0 Å². The lowest BCUT2D eigenvalue weighted by molar-refractivity contribution is -0.123. The number of amides is 2. The molecule has 1 fully saturated rings. The number of hydrogen-bond acceptors (Lipinski definition) is 6. The van der Waals surface area contributed by atoms with Crippen molar-refractivity contribution in [3.05, 3.63) is 64.6 Å². The van der Waals surface area contributed by atoms with Crippen LogP contribution >= 0.6 is 24.0 Å². The summed E-state index contributed by atoms with van der Waals surface area (Å²) in [5, 5.41) is 20.5. The quantitative estimate of drug-likeness (QED) is 0.567. The number of nitrogens with zero attached hydrogens (tertiary/aromatic N) is 1. The van der Waals surface area contributed by atoms with Crippen LogP contribution in [0.15, 0.2) is 53.4 Å². The minimum absolute atomic E-state index is 0.0289. The third-order valence-electron chi connectivity index (χ3n) is 3.38. The highest BCUT2D eigenvalue weighted by molar-refractivity contribution is 8.26. The third-order valence-corrected chi connectivity index (χ3v) is 4.68. The van der Waals surface area contributed by atoms with Gasteiger partial charge >= 0.3 is 0 Å². The SMILES string of the molecule is O=C(NN1C(=O)/C(=C/c2ccccc2O)SC1=S)c1ccccc1O. The highest BCUT2D eigenvalue weighted by atomic mass is 32.2. The van der Waals surface area contributed by atoms with Gasteiger partial charge in [0.1, 0.15) is 11.5 Å². The Kier molecular flexibility index (Phi) is 4.73. The molecule has 0 saturated carbocycles. The van der Waals surface area contributed by atoms with E-state index < -0.39 is 11.8 Å². The van der Waals surface area contributed by atoms with E-state index in [2.05, 4.69) is 5.43 Å². The van der Waals surface area contributed by atoms with Crippen molar-refractivity contribution in [2.24, 2.45) is 0 Å². The van der Waals surface area contributed by atoms with Gasteiger partial charge in [-0.1, -0.05) is 42.1 Å². The number of hydrogen-bond donors (Lipinski definition) is 3. The first kappa shape index (κ1) is 17.0. The molecule has 0 spiro atoms. The number of carbonyl (C=O) groups excluding carboxylic acids is 2. The van der Waals surface area contributed by atoms with E-state index in [-0.39, 0.29) is 26.3 Å². The molecule has 0 aromatic heterocycles. The molecule has 0 atom stereocenters. The van der Waals surface area contributed by atoms with Crippen LogP contribution in [0.25, 0.3) is 6.08 Å². The molecular weight excluding hydrogens is 360 g/mol. The summed E-state index contributed by atoms with van der Waals surface area (Å²) in [4.78, 5) is 25.0. The highest BCUT2D eigenvalue weighted by Gasteiger charge is 2.34. The van der Waals surface area contributed by atoms with Crippen molar-refractivity contribution in [1.29, 1.82) is 0 Å². The second kappa shape index (κ2) is 6.96. The molecule has 8 heteroatoms. The van der Waals surface area contributed by atoms with E-state index in [0.29, 0.717) is 5.56 Å². The summed E-state index contributed by atoms with van der Waals surface area (Å²) in [7, 11) is 0. The Labute approximate surface area is 152 Å². The van der Waals surface area contributed by atoms with Gasteiger partial charge in [0.05, 0.1) is 10.5 Å². The lowest BCUT2D eigenvalue weighted by Crippen LogP contribution is -2.44. The average Bonchev–Trinajstić information content (AvgIpc) is 2.85. The fourth-order valence-corrected chi connectivity index (χ4v) is 3.31. The zero-order valence-electron chi connectivity index (χ0n) is 12.7. The predicted octanol–water partition coefficient (Wildman–Crippen LogP) is 2.64. The first-order chi connectivity index (χ1) is 12.0. The monoisotopic (exact) mass is 372 g/mol. The Balaban J connectivity index is 1.81. The van der Waals surface area contributed by atoms with E-state index in [1.165, 1.54) is 24.3 Å². The van der Waals surface area contributed by atoms with Gasteiger partial charge in [0, 0.05) is 5.56 Å². The zero-order valence-corrected chi connectivity index (χ0v) is 14.3. The second-order valence-electron chi connectivity index (χ2n) is 5.03. The lowest BCUT2D eigenvalue weighted by Gasteiger charge is -2.16. The van der Waals surface area contributed by atoms with Crippen molar-refractivity contribution < 1.29 is 19.8 Å². The number of aromatic hydroxyl groups is 2. The maximum absolute atomic E-state index is 12.5. The molecule has 1 aliphatic rings. The summed E-state index contributed by atoms with van der Waals surface area (Å²) in [6.45, 7) is 0. The third kappa shape index (κ3) is 3.49. The van der Waals surface area contributed by atoms with Gasteiger partial charge in [0.15, 0.2) is 4.32 Å². The van der Waals surface area contributed by atoms with Crippen LogP contribution in [-0.4, -0.2) is 31.4 Å². The Morgan fingerprint density at radius 1 is 1.08 bits per heavy atom. The van der Waals surface area contributed by atoms with Gasteiger partial charge in [-0.25, -0.2) is 0 Å². The van der Waals surface area contributed by atoms with Gasteiger partial charge < -0.3 is 10.2 Å². The largest absolute Gasteiger partial charge is 0.507 e. The van der Waals surface area contributed by atoms with Crippen LogP contribution in [0.1, 0.15) is 15.9 Å². The molecule has 0 unspecified atom stereocenters. The molecule has 0 bridgehead atoms. The Hall–Kier alpha value is -2.84. The normalized spacial score (nSPS) is 15.7. The van der Waals surface area contributed by atoms with Crippen LogP contribution < -0.4 is 5.43 Å². The van der Waals surface area contributed by atoms with Crippen molar-refractivity contribution in [3.63, 3.8) is 0 Å². The summed E-state index contributed by atoms with van der Waals surface area (Å²) < 4.78 is 0.149. The molecule has 2 amide bonds. The van der Waals surface area contributed by atoms with Crippen molar-refractivity contribution in [2.45, 2.75) is 0 Å². The van der Waals surface area contributed by atoms with E-state index in [1.807, 2.05) is 0 Å². The summed E-state index contributed by atoms with van der Waals surface area (Å²) in [6.07, 6.45) is 1.50. The first-order valence-electron chi connectivity index (χ1n) is 7.12. The van der Waals surface area contributed by atoms with Crippen molar-refractivity contribution >= 4 is 46.2 Å². The minimum Gasteiger partial charge on any atom is -0.507 e.